The van der Waals surface area contributed by atoms with Crippen molar-refractivity contribution in [3.63, 3.8) is 0 Å². The zero-order valence-electron chi connectivity index (χ0n) is 11.7. The second-order valence-corrected chi connectivity index (χ2v) is 4.99. The van der Waals surface area contributed by atoms with Crippen LogP contribution >= 0.6 is 0 Å². The molecular formula is C13H21N5O2. The van der Waals surface area contributed by atoms with Gasteiger partial charge in [0.2, 0.25) is 0 Å². The van der Waals surface area contributed by atoms with Crippen LogP contribution in [0.5, 0.6) is 0 Å². The molecule has 0 atom stereocenters. The highest BCUT2D eigenvalue weighted by Gasteiger charge is 2.26. The molecule has 0 aliphatic carbocycles. The molecule has 1 aliphatic rings. The van der Waals surface area contributed by atoms with Gasteiger partial charge >= 0.3 is 5.97 Å². The van der Waals surface area contributed by atoms with Crippen LogP contribution in [0.2, 0.25) is 0 Å². The normalized spacial score (nSPS) is 16.1. The van der Waals surface area contributed by atoms with Crippen molar-refractivity contribution >= 4 is 23.3 Å². The average molecular weight is 279 g/mol. The molecular weight excluding hydrogens is 258 g/mol. The number of nitrogens with two attached hydrogens (primary N) is 1. The van der Waals surface area contributed by atoms with E-state index in [1.54, 1.807) is 0 Å². The Morgan fingerprint density at radius 1 is 1.50 bits per heavy atom. The van der Waals surface area contributed by atoms with Gasteiger partial charge in [0.15, 0.2) is 11.6 Å². The number of aromatic nitrogens is 2. The third-order valence-corrected chi connectivity index (χ3v) is 3.55. The first kappa shape index (κ1) is 14.4. The van der Waals surface area contributed by atoms with Crippen molar-refractivity contribution < 1.29 is 9.90 Å². The summed E-state index contributed by atoms with van der Waals surface area (Å²) in [7, 11) is 0. The molecule has 2 rings (SSSR count). The molecule has 1 saturated heterocycles. The molecule has 7 nitrogen and oxygen atoms in total. The van der Waals surface area contributed by atoms with Crippen molar-refractivity contribution in [2.24, 2.45) is 5.92 Å². The summed E-state index contributed by atoms with van der Waals surface area (Å²) < 4.78 is 0. The molecule has 0 bridgehead atoms. The zero-order chi connectivity index (χ0) is 14.5. The second-order valence-electron chi connectivity index (χ2n) is 4.99. The van der Waals surface area contributed by atoms with Gasteiger partial charge < -0.3 is 21.1 Å². The number of nitrogens with zero attached hydrogens (tertiary/aromatic N) is 3. The topological polar surface area (TPSA) is 104 Å². The van der Waals surface area contributed by atoms with Gasteiger partial charge in [0, 0.05) is 19.6 Å². The second kappa shape index (κ2) is 6.40. The summed E-state index contributed by atoms with van der Waals surface area (Å²) in [5, 5.41) is 12.2. The molecule has 1 aromatic heterocycles. The van der Waals surface area contributed by atoms with Crippen LogP contribution in [0.1, 0.15) is 26.2 Å². The minimum atomic E-state index is -0.717. The van der Waals surface area contributed by atoms with Gasteiger partial charge in [-0.2, -0.15) is 0 Å². The van der Waals surface area contributed by atoms with E-state index in [2.05, 4.69) is 22.2 Å². The van der Waals surface area contributed by atoms with Gasteiger partial charge in [0.05, 0.1) is 5.92 Å². The van der Waals surface area contributed by atoms with Crippen molar-refractivity contribution in [1.82, 2.24) is 9.97 Å². The monoisotopic (exact) mass is 279 g/mol. The highest BCUT2D eigenvalue weighted by Crippen LogP contribution is 2.29. The number of piperidine rings is 1. The summed E-state index contributed by atoms with van der Waals surface area (Å²) in [5.41, 5.74) is 6.64. The van der Waals surface area contributed by atoms with Crippen molar-refractivity contribution in [1.29, 1.82) is 0 Å². The van der Waals surface area contributed by atoms with Crippen molar-refractivity contribution in [2.45, 2.75) is 26.2 Å². The Morgan fingerprint density at radius 2 is 2.20 bits per heavy atom. The molecule has 110 valence electrons. The number of nitrogen functional groups attached to an aromatic ring is 1. The molecule has 0 amide bonds. The lowest BCUT2D eigenvalue weighted by Crippen LogP contribution is -2.37. The Balaban J connectivity index is 2.08. The molecule has 1 fully saturated rings. The number of rotatable bonds is 5. The Kier molecular flexibility index (Phi) is 4.60. The molecule has 0 spiro atoms. The van der Waals surface area contributed by atoms with Crippen LogP contribution in [0.15, 0.2) is 6.33 Å². The standard InChI is InChI=1S/C13H21N5O2/c1-2-5-15-11-10(14)12(17-8-16-11)18-6-3-9(4-7-18)13(19)20/h8-9H,2-7,14H2,1H3,(H,19,20)(H,15,16,17). The first-order valence-corrected chi connectivity index (χ1v) is 6.95. The van der Waals surface area contributed by atoms with Crippen LogP contribution in [-0.4, -0.2) is 40.7 Å². The SMILES string of the molecule is CCCNc1ncnc(N2CCC(C(=O)O)CC2)c1N. The lowest BCUT2D eigenvalue weighted by Gasteiger charge is -2.31. The van der Waals surface area contributed by atoms with Crippen LogP contribution in [0.3, 0.4) is 0 Å². The highest BCUT2D eigenvalue weighted by atomic mass is 16.4. The van der Waals surface area contributed by atoms with E-state index < -0.39 is 5.97 Å². The predicted molar refractivity (Wildman–Crippen MR) is 77.8 cm³/mol. The van der Waals surface area contributed by atoms with Crippen LogP contribution in [0, 0.1) is 5.92 Å². The fraction of sp³-hybridized carbons (Fsp3) is 0.615. The first-order valence-electron chi connectivity index (χ1n) is 6.95. The number of carbonyl (C=O) groups is 1. The van der Waals surface area contributed by atoms with Crippen LogP contribution < -0.4 is 16.0 Å². The molecule has 4 N–H and O–H groups in total. The molecule has 2 heterocycles. The fourth-order valence-corrected chi connectivity index (χ4v) is 2.36. The van der Waals surface area contributed by atoms with E-state index in [1.165, 1.54) is 6.33 Å². The van der Waals surface area contributed by atoms with Crippen molar-refractivity contribution in [2.75, 3.05) is 35.6 Å². The van der Waals surface area contributed by atoms with Crippen molar-refractivity contribution in [3.05, 3.63) is 6.33 Å². The van der Waals surface area contributed by atoms with Gasteiger partial charge in [0.25, 0.3) is 0 Å². The Hall–Kier alpha value is -2.05. The zero-order valence-corrected chi connectivity index (χ0v) is 11.7. The number of nitrogens with one attached hydrogen (secondary N) is 1. The lowest BCUT2D eigenvalue weighted by atomic mass is 9.97. The van der Waals surface area contributed by atoms with Gasteiger partial charge in [-0.25, -0.2) is 9.97 Å². The molecule has 7 heteroatoms. The number of aliphatic carboxylic acids is 1. The molecule has 20 heavy (non-hydrogen) atoms. The maximum absolute atomic E-state index is 11.0. The number of hydrogen-bond donors (Lipinski definition) is 3. The number of carboxylic acids is 1. The quantitative estimate of drug-likeness (QED) is 0.743. The van der Waals surface area contributed by atoms with Gasteiger partial charge in [-0.1, -0.05) is 6.92 Å². The van der Waals surface area contributed by atoms with E-state index >= 15 is 0 Å². The van der Waals surface area contributed by atoms with Crippen LogP contribution in [0.4, 0.5) is 17.3 Å². The summed E-state index contributed by atoms with van der Waals surface area (Å²) in [4.78, 5) is 21.4. The highest BCUT2D eigenvalue weighted by molar-refractivity contribution is 5.75. The summed E-state index contributed by atoms with van der Waals surface area (Å²) in [6.07, 6.45) is 3.72. The predicted octanol–water partition coefficient (Wildman–Crippen LogP) is 1.18. The Bertz CT molecular complexity index is 472. The maximum Gasteiger partial charge on any atom is 0.306 e. The molecule has 1 aliphatic heterocycles. The summed E-state index contributed by atoms with van der Waals surface area (Å²) in [6.45, 7) is 4.19. The fourth-order valence-electron chi connectivity index (χ4n) is 2.36. The first-order chi connectivity index (χ1) is 9.63. The molecule has 0 saturated carbocycles. The third-order valence-electron chi connectivity index (χ3n) is 3.55. The Morgan fingerprint density at radius 3 is 2.80 bits per heavy atom. The smallest absolute Gasteiger partial charge is 0.306 e. The lowest BCUT2D eigenvalue weighted by molar-refractivity contribution is -0.142. The van der Waals surface area contributed by atoms with E-state index in [0.717, 1.165) is 13.0 Å². The van der Waals surface area contributed by atoms with E-state index in [9.17, 15) is 4.79 Å². The van der Waals surface area contributed by atoms with Gasteiger partial charge in [-0.3, -0.25) is 4.79 Å². The van der Waals surface area contributed by atoms with E-state index in [-0.39, 0.29) is 5.92 Å². The van der Waals surface area contributed by atoms with E-state index in [0.29, 0.717) is 43.3 Å². The van der Waals surface area contributed by atoms with E-state index in [4.69, 9.17) is 10.8 Å². The van der Waals surface area contributed by atoms with Gasteiger partial charge in [-0.15, -0.1) is 0 Å². The molecule has 1 aromatic rings. The summed E-state index contributed by atoms with van der Waals surface area (Å²) >= 11 is 0. The molecule has 0 radical (unpaired) electrons. The number of carboxylic acid groups (broad SMARTS) is 1. The number of anilines is 3. The Labute approximate surface area is 118 Å². The van der Waals surface area contributed by atoms with Crippen LogP contribution in [0.25, 0.3) is 0 Å². The minimum absolute atomic E-state index is 0.257. The van der Waals surface area contributed by atoms with E-state index in [1.807, 2.05) is 4.90 Å². The molecule has 0 unspecified atom stereocenters. The van der Waals surface area contributed by atoms with Gasteiger partial charge in [-0.05, 0) is 19.3 Å². The van der Waals surface area contributed by atoms with Crippen LogP contribution in [-0.2, 0) is 4.79 Å². The average Bonchev–Trinajstić information content (AvgIpc) is 2.46. The minimum Gasteiger partial charge on any atom is -0.481 e. The van der Waals surface area contributed by atoms with Gasteiger partial charge in [0.1, 0.15) is 12.0 Å². The molecule has 0 aromatic carbocycles. The van der Waals surface area contributed by atoms with Crippen molar-refractivity contribution in [3.8, 4) is 0 Å². The third kappa shape index (κ3) is 3.09. The maximum atomic E-state index is 11.0. The number of hydrogen-bond acceptors (Lipinski definition) is 6. The summed E-state index contributed by atoms with van der Waals surface area (Å²) in [6, 6.07) is 0. The summed E-state index contributed by atoms with van der Waals surface area (Å²) in [5.74, 6) is 0.372. The largest absolute Gasteiger partial charge is 0.481 e.